The van der Waals surface area contributed by atoms with E-state index in [9.17, 15) is 4.79 Å². The predicted molar refractivity (Wildman–Crippen MR) is 80.2 cm³/mol. The number of hydrogen-bond acceptors (Lipinski definition) is 3. The van der Waals surface area contributed by atoms with Gasteiger partial charge >= 0.3 is 0 Å². The molecule has 0 atom stereocenters. The number of hydrogen-bond donors (Lipinski definition) is 0. The summed E-state index contributed by atoms with van der Waals surface area (Å²) in [5.74, 6) is 0.0764. The van der Waals surface area contributed by atoms with Crippen molar-refractivity contribution in [1.82, 2.24) is 0 Å². The van der Waals surface area contributed by atoms with Crippen molar-refractivity contribution in [3.63, 3.8) is 0 Å². The van der Waals surface area contributed by atoms with Crippen molar-refractivity contribution >= 4 is 35.4 Å². The molecule has 0 N–H and O–H groups in total. The molecule has 0 saturated heterocycles. The predicted octanol–water partition coefficient (Wildman–Crippen LogP) is 4.23. The van der Waals surface area contributed by atoms with E-state index in [0.29, 0.717) is 0 Å². The normalized spacial score (nSPS) is 10.5. The van der Waals surface area contributed by atoms with Crippen LogP contribution in [0.25, 0.3) is 6.08 Å². The Balaban J connectivity index is 2.80. The standard InChI is InChI=1S/C14H16OS2/c1-11(14(16-2)17-3)13(15)10-9-12-7-5-4-6-8-12/h4-10H,1-3H3. The van der Waals surface area contributed by atoms with Crippen LogP contribution in [0.5, 0.6) is 0 Å². The van der Waals surface area contributed by atoms with E-state index in [0.717, 1.165) is 15.4 Å². The Bertz CT molecular complexity index is 427. The monoisotopic (exact) mass is 264 g/mol. The van der Waals surface area contributed by atoms with Gasteiger partial charge in [-0.2, -0.15) is 0 Å². The van der Waals surface area contributed by atoms with E-state index in [1.807, 2.05) is 55.8 Å². The molecule has 90 valence electrons. The lowest BCUT2D eigenvalue weighted by Crippen LogP contribution is -1.96. The highest BCUT2D eigenvalue weighted by Crippen LogP contribution is 2.27. The van der Waals surface area contributed by atoms with Gasteiger partial charge < -0.3 is 0 Å². The molecular weight excluding hydrogens is 248 g/mol. The molecule has 3 heteroatoms. The molecule has 0 aliphatic carbocycles. The molecule has 0 saturated carbocycles. The van der Waals surface area contributed by atoms with Gasteiger partial charge in [0.25, 0.3) is 0 Å². The zero-order valence-electron chi connectivity index (χ0n) is 10.3. The first-order chi connectivity index (χ1) is 8.19. The van der Waals surface area contributed by atoms with Crippen molar-refractivity contribution in [2.24, 2.45) is 0 Å². The van der Waals surface area contributed by atoms with Crippen LogP contribution in [0.1, 0.15) is 12.5 Å². The third kappa shape index (κ3) is 4.44. The maximum Gasteiger partial charge on any atom is 0.183 e. The fraction of sp³-hybridized carbons (Fsp3) is 0.214. The van der Waals surface area contributed by atoms with Gasteiger partial charge in [-0.05, 0) is 31.1 Å². The van der Waals surface area contributed by atoms with Gasteiger partial charge in [0, 0.05) is 9.81 Å². The summed E-state index contributed by atoms with van der Waals surface area (Å²) < 4.78 is 1.08. The van der Waals surface area contributed by atoms with Crippen molar-refractivity contribution in [1.29, 1.82) is 0 Å². The Morgan fingerprint density at radius 2 is 1.71 bits per heavy atom. The van der Waals surface area contributed by atoms with Crippen molar-refractivity contribution < 1.29 is 4.79 Å². The van der Waals surface area contributed by atoms with Gasteiger partial charge in [0.2, 0.25) is 0 Å². The molecule has 1 aromatic carbocycles. The molecule has 0 bridgehead atoms. The lowest BCUT2D eigenvalue weighted by Gasteiger charge is -2.03. The number of allylic oxidation sites excluding steroid dienone is 2. The number of ketones is 1. The van der Waals surface area contributed by atoms with Crippen molar-refractivity contribution in [2.75, 3.05) is 12.5 Å². The topological polar surface area (TPSA) is 17.1 Å². The van der Waals surface area contributed by atoms with E-state index in [2.05, 4.69) is 0 Å². The fourth-order valence-electron chi connectivity index (χ4n) is 1.35. The summed E-state index contributed by atoms with van der Waals surface area (Å²) in [6, 6.07) is 9.84. The van der Waals surface area contributed by atoms with E-state index in [4.69, 9.17) is 0 Å². The highest BCUT2D eigenvalue weighted by molar-refractivity contribution is 8.21. The van der Waals surface area contributed by atoms with Crippen LogP contribution in [-0.4, -0.2) is 18.3 Å². The summed E-state index contributed by atoms with van der Waals surface area (Å²) in [4.78, 5) is 11.9. The van der Waals surface area contributed by atoms with Gasteiger partial charge in [-0.15, -0.1) is 23.5 Å². The van der Waals surface area contributed by atoms with Crippen LogP contribution < -0.4 is 0 Å². The molecule has 0 amide bonds. The first-order valence-electron chi connectivity index (χ1n) is 5.25. The van der Waals surface area contributed by atoms with Crippen LogP contribution in [-0.2, 0) is 4.79 Å². The maximum atomic E-state index is 11.9. The largest absolute Gasteiger partial charge is 0.290 e. The number of carbonyl (C=O) groups is 1. The molecule has 0 aromatic heterocycles. The molecule has 0 unspecified atom stereocenters. The zero-order valence-corrected chi connectivity index (χ0v) is 11.9. The SMILES string of the molecule is CSC(SC)=C(C)C(=O)C=Cc1ccccc1. The van der Waals surface area contributed by atoms with Crippen molar-refractivity contribution in [3.05, 3.63) is 51.8 Å². The van der Waals surface area contributed by atoms with Gasteiger partial charge in [-0.25, -0.2) is 0 Å². The van der Waals surface area contributed by atoms with Gasteiger partial charge in [0.15, 0.2) is 5.78 Å². The number of rotatable bonds is 5. The number of carbonyl (C=O) groups excluding carboxylic acids is 1. The minimum Gasteiger partial charge on any atom is -0.290 e. The van der Waals surface area contributed by atoms with Crippen LogP contribution in [0.4, 0.5) is 0 Å². The van der Waals surface area contributed by atoms with Crippen LogP contribution in [0.15, 0.2) is 46.2 Å². The quantitative estimate of drug-likeness (QED) is 0.741. The van der Waals surface area contributed by atoms with Gasteiger partial charge in [0.1, 0.15) is 0 Å². The van der Waals surface area contributed by atoms with E-state index < -0.39 is 0 Å². The molecular formula is C14H16OS2. The molecule has 17 heavy (non-hydrogen) atoms. The highest BCUT2D eigenvalue weighted by atomic mass is 32.2. The molecule has 0 aliphatic rings. The minimum atomic E-state index is 0.0764. The highest BCUT2D eigenvalue weighted by Gasteiger charge is 2.06. The average Bonchev–Trinajstić information content (AvgIpc) is 2.38. The van der Waals surface area contributed by atoms with Crippen LogP contribution in [0.3, 0.4) is 0 Å². The second-order valence-corrected chi connectivity index (χ2v) is 5.32. The van der Waals surface area contributed by atoms with Gasteiger partial charge in [-0.3, -0.25) is 4.79 Å². The molecule has 0 spiro atoms. The first kappa shape index (κ1) is 14.1. The summed E-state index contributed by atoms with van der Waals surface area (Å²) in [6.07, 6.45) is 7.47. The molecule has 0 heterocycles. The average molecular weight is 264 g/mol. The Morgan fingerprint density at radius 3 is 2.24 bits per heavy atom. The maximum absolute atomic E-state index is 11.9. The van der Waals surface area contributed by atoms with Crippen molar-refractivity contribution in [3.8, 4) is 0 Å². The van der Waals surface area contributed by atoms with Crippen LogP contribution >= 0.6 is 23.5 Å². The van der Waals surface area contributed by atoms with Crippen LogP contribution in [0, 0.1) is 0 Å². The third-order valence-corrected chi connectivity index (χ3v) is 4.63. The minimum absolute atomic E-state index is 0.0764. The van der Waals surface area contributed by atoms with E-state index in [-0.39, 0.29) is 5.78 Å². The Morgan fingerprint density at radius 1 is 1.12 bits per heavy atom. The zero-order chi connectivity index (χ0) is 12.7. The molecule has 0 radical (unpaired) electrons. The Hall–Kier alpha value is -0.930. The summed E-state index contributed by atoms with van der Waals surface area (Å²) in [6.45, 7) is 1.88. The Kier molecular flexibility index (Phi) is 6.16. The number of thioether (sulfide) groups is 2. The summed E-state index contributed by atoms with van der Waals surface area (Å²) >= 11 is 3.23. The first-order valence-corrected chi connectivity index (χ1v) is 7.70. The molecule has 1 aromatic rings. The Labute approximate surface area is 111 Å². The fourth-order valence-corrected chi connectivity index (χ4v) is 2.83. The van der Waals surface area contributed by atoms with Crippen LogP contribution in [0.2, 0.25) is 0 Å². The molecule has 0 fully saturated rings. The lowest BCUT2D eigenvalue weighted by atomic mass is 10.1. The van der Waals surface area contributed by atoms with Gasteiger partial charge in [-0.1, -0.05) is 36.4 Å². The van der Waals surface area contributed by atoms with E-state index >= 15 is 0 Å². The smallest absolute Gasteiger partial charge is 0.183 e. The molecule has 1 rings (SSSR count). The summed E-state index contributed by atoms with van der Waals surface area (Å²) in [5.41, 5.74) is 1.86. The second-order valence-electron chi connectivity index (χ2n) is 3.43. The van der Waals surface area contributed by atoms with E-state index in [1.165, 1.54) is 0 Å². The number of benzene rings is 1. The van der Waals surface area contributed by atoms with Crippen molar-refractivity contribution in [2.45, 2.75) is 6.92 Å². The van der Waals surface area contributed by atoms with E-state index in [1.54, 1.807) is 29.6 Å². The summed E-state index contributed by atoms with van der Waals surface area (Å²) in [5, 5.41) is 0. The van der Waals surface area contributed by atoms with Gasteiger partial charge in [0.05, 0.1) is 0 Å². The molecule has 0 aliphatic heterocycles. The second kappa shape index (κ2) is 7.41. The third-order valence-electron chi connectivity index (χ3n) is 2.27. The molecule has 1 nitrogen and oxygen atoms in total. The summed E-state index contributed by atoms with van der Waals surface area (Å²) in [7, 11) is 0. The lowest BCUT2D eigenvalue weighted by molar-refractivity contribution is -0.111.